The van der Waals surface area contributed by atoms with Crippen LogP contribution in [0.15, 0.2) is 48.5 Å². The van der Waals surface area contributed by atoms with Crippen LogP contribution in [-0.4, -0.2) is 62.0 Å². The Labute approximate surface area is 273 Å². The second kappa shape index (κ2) is 16.1. The lowest BCUT2D eigenvalue weighted by atomic mass is 9.85. The zero-order valence-corrected chi connectivity index (χ0v) is 28.3. The van der Waals surface area contributed by atoms with Crippen molar-refractivity contribution in [3.63, 3.8) is 0 Å². The maximum atomic E-state index is 14.9. The van der Waals surface area contributed by atoms with Crippen molar-refractivity contribution in [3.8, 4) is 0 Å². The molecule has 0 amide bonds. The monoisotopic (exact) mass is 722 g/mol. The smallest absolute Gasteiger partial charge is 0.379 e. The van der Waals surface area contributed by atoms with Crippen molar-refractivity contribution in [3.05, 3.63) is 71.3 Å². The molecule has 266 valence electrons. The molecule has 0 bridgehead atoms. The first kappa shape index (κ1) is 42.3. The van der Waals surface area contributed by atoms with Gasteiger partial charge in [-0.1, -0.05) is 36.4 Å². The molecule has 2 aromatic rings. The zero-order valence-electron chi connectivity index (χ0n) is 26.7. The highest BCUT2D eigenvalue weighted by molar-refractivity contribution is 7.84. The zero-order chi connectivity index (χ0) is 36.6. The maximum absolute atomic E-state index is 14.9. The molecule has 0 aliphatic rings. The highest BCUT2D eigenvalue weighted by Crippen LogP contribution is 2.42. The number of carbonyl (C=O) groups is 2. The molecule has 2 aromatic carbocycles. The van der Waals surface area contributed by atoms with Crippen LogP contribution in [0, 0.1) is 11.6 Å². The first-order chi connectivity index (χ1) is 21.5. The standard InChI is InChI=1S/C16H21F4NO3S.C14H17F4NO2S/c1-5-24-13(22)16(19,20)15(10-17,21-25(23)14(2,3)4)11-8-6-7-9-12(11)18;1-12(2,3)22(21)19-13(8-15,14(17,18)9-20)10-6-4-5-7-11(10)16/h6-9,21H,5,10H2,1-4H3;4-7,9,19H,8H2,1-3H3/t15-,25-;13-,22-/m11/s1. The van der Waals surface area contributed by atoms with Crippen LogP contribution >= 0.6 is 0 Å². The molecular formula is C30H38F8N2O5S2. The number of hydrogen-bond acceptors (Lipinski definition) is 5. The Kier molecular flexibility index (Phi) is 14.5. The summed E-state index contributed by atoms with van der Waals surface area (Å²) in [6.45, 7) is 6.02. The minimum atomic E-state index is -4.51. The predicted molar refractivity (Wildman–Crippen MR) is 163 cm³/mol. The van der Waals surface area contributed by atoms with Crippen LogP contribution in [-0.2, 0) is 47.4 Å². The summed E-state index contributed by atoms with van der Waals surface area (Å²) in [6, 6.07) is 8.46. The number of ether oxygens (including phenoxy) is 1. The molecule has 2 rings (SSSR count). The van der Waals surface area contributed by atoms with Gasteiger partial charge in [-0.3, -0.25) is 4.79 Å². The van der Waals surface area contributed by atoms with Crippen LogP contribution in [0.1, 0.15) is 59.6 Å². The van der Waals surface area contributed by atoms with Crippen LogP contribution < -0.4 is 9.44 Å². The number of halogens is 8. The topological polar surface area (TPSA) is 102 Å². The molecule has 0 heterocycles. The highest BCUT2D eigenvalue weighted by atomic mass is 32.2. The molecule has 7 nitrogen and oxygen atoms in total. The fourth-order valence-electron chi connectivity index (χ4n) is 3.70. The number of carbonyl (C=O) groups excluding carboxylic acids is 2. The Balaban J connectivity index is 0.000000474. The summed E-state index contributed by atoms with van der Waals surface area (Å²) in [4.78, 5) is 22.6. The van der Waals surface area contributed by atoms with Crippen molar-refractivity contribution in [1.82, 2.24) is 9.44 Å². The van der Waals surface area contributed by atoms with Gasteiger partial charge in [0, 0.05) is 11.1 Å². The summed E-state index contributed by atoms with van der Waals surface area (Å²) in [6.07, 6.45) is -0.772. The third-order valence-electron chi connectivity index (χ3n) is 6.50. The van der Waals surface area contributed by atoms with Crippen LogP contribution in [0.25, 0.3) is 0 Å². The second-order valence-corrected chi connectivity index (χ2v) is 16.0. The van der Waals surface area contributed by atoms with Gasteiger partial charge in [0.15, 0.2) is 17.4 Å². The largest absolute Gasteiger partial charge is 0.461 e. The molecule has 0 saturated carbocycles. The summed E-state index contributed by atoms with van der Waals surface area (Å²) in [7, 11) is -4.39. The van der Waals surface area contributed by atoms with Gasteiger partial charge in [-0.15, -0.1) is 0 Å². The Bertz CT molecular complexity index is 1440. The van der Waals surface area contributed by atoms with E-state index in [9.17, 15) is 53.1 Å². The molecule has 17 heteroatoms. The fourth-order valence-corrected chi connectivity index (χ4v) is 5.53. The van der Waals surface area contributed by atoms with Crippen molar-refractivity contribution in [1.29, 1.82) is 0 Å². The maximum Gasteiger partial charge on any atom is 0.379 e. The molecule has 0 unspecified atom stereocenters. The number of benzene rings is 2. The average molecular weight is 723 g/mol. The van der Waals surface area contributed by atoms with Gasteiger partial charge in [-0.25, -0.2) is 40.2 Å². The Morgan fingerprint density at radius 3 is 1.43 bits per heavy atom. The molecular weight excluding hydrogens is 684 g/mol. The number of hydrogen-bond donors (Lipinski definition) is 2. The normalized spacial score (nSPS) is 16.5. The Hall–Kier alpha value is -2.76. The van der Waals surface area contributed by atoms with E-state index in [4.69, 9.17) is 0 Å². The first-order valence-electron chi connectivity index (χ1n) is 13.9. The van der Waals surface area contributed by atoms with E-state index in [1.54, 1.807) is 0 Å². The lowest BCUT2D eigenvalue weighted by molar-refractivity contribution is -0.186. The molecule has 0 spiro atoms. The molecule has 0 saturated heterocycles. The lowest BCUT2D eigenvalue weighted by Crippen LogP contribution is -2.63. The van der Waals surface area contributed by atoms with E-state index in [1.807, 2.05) is 9.44 Å². The van der Waals surface area contributed by atoms with E-state index in [1.165, 1.54) is 72.7 Å². The van der Waals surface area contributed by atoms with Crippen LogP contribution in [0.2, 0.25) is 0 Å². The molecule has 0 aliphatic heterocycles. The van der Waals surface area contributed by atoms with Gasteiger partial charge in [0.2, 0.25) is 0 Å². The summed E-state index contributed by atoms with van der Waals surface area (Å²) >= 11 is 0. The molecule has 0 aromatic heterocycles. The summed E-state index contributed by atoms with van der Waals surface area (Å²) in [5, 5.41) is 0. The second-order valence-electron chi connectivity index (χ2n) is 12.0. The van der Waals surface area contributed by atoms with Crippen LogP contribution in [0.5, 0.6) is 0 Å². The van der Waals surface area contributed by atoms with E-state index in [-0.39, 0.29) is 6.61 Å². The van der Waals surface area contributed by atoms with Gasteiger partial charge >= 0.3 is 17.8 Å². The van der Waals surface area contributed by atoms with Gasteiger partial charge in [0.25, 0.3) is 0 Å². The molecule has 0 aliphatic carbocycles. The lowest BCUT2D eigenvalue weighted by Gasteiger charge is -2.39. The molecule has 2 N–H and O–H groups in total. The summed E-state index contributed by atoms with van der Waals surface area (Å²) in [5.74, 6) is -13.1. The van der Waals surface area contributed by atoms with E-state index < -0.39 is 103 Å². The number of aldehydes is 1. The predicted octanol–water partition coefficient (Wildman–Crippen LogP) is 6.12. The molecule has 0 radical (unpaired) electrons. The Morgan fingerprint density at radius 1 is 0.745 bits per heavy atom. The number of rotatable bonds is 13. The number of alkyl halides is 6. The molecule has 4 atom stereocenters. The molecule has 47 heavy (non-hydrogen) atoms. The third kappa shape index (κ3) is 9.23. The number of nitrogens with one attached hydrogen (secondary N) is 2. The van der Waals surface area contributed by atoms with Crippen molar-refractivity contribution in [2.24, 2.45) is 0 Å². The average Bonchev–Trinajstić information content (AvgIpc) is 2.98. The van der Waals surface area contributed by atoms with E-state index in [0.29, 0.717) is 0 Å². The van der Waals surface area contributed by atoms with Gasteiger partial charge in [-0.05, 0) is 60.6 Å². The third-order valence-corrected chi connectivity index (χ3v) is 9.79. The first-order valence-corrected chi connectivity index (χ1v) is 16.2. The Morgan fingerprint density at radius 2 is 1.11 bits per heavy atom. The van der Waals surface area contributed by atoms with Crippen LogP contribution in [0.4, 0.5) is 35.1 Å². The van der Waals surface area contributed by atoms with Crippen molar-refractivity contribution < 1.29 is 57.9 Å². The van der Waals surface area contributed by atoms with E-state index >= 15 is 0 Å². The van der Waals surface area contributed by atoms with Gasteiger partial charge < -0.3 is 4.74 Å². The quantitative estimate of drug-likeness (QED) is 0.148. The summed E-state index contributed by atoms with van der Waals surface area (Å²) < 4.78 is 144. The van der Waals surface area contributed by atoms with E-state index in [0.717, 1.165) is 24.3 Å². The van der Waals surface area contributed by atoms with Crippen molar-refractivity contribution in [2.45, 2.75) is 80.9 Å². The van der Waals surface area contributed by atoms with Gasteiger partial charge in [0.1, 0.15) is 25.0 Å². The van der Waals surface area contributed by atoms with Gasteiger partial charge in [-0.2, -0.15) is 17.6 Å². The highest BCUT2D eigenvalue weighted by Gasteiger charge is 2.64. The summed E-state index contributed by atoms with van der Waals surface area (Å²) in [5.41, 5.74) is -7.79. The van der Waals surface area contributed by atoms with Crippen LogP contribution in [0.3, 0.4) is 0 Å². The SMILES string of the molecule is CC(C)(C)[S@@](=O)N[C@](CF)(c1ccccc1F)C(F)(F)C=O.CCOC(=O)C(F)(F)[C@](CF)(N[S@](=O)C(C)(C)C)c1ccccc1F. The van der Waals surface area contributed by atoms with Gasteiger partial charge in [0.05, 0.1) is 38.1 Å². The number of esters is 1. The van der Waals surface area contributed by atoms with Crippen molar-refractivity contribution in [2.75, 3.05) is 20.0 Å². The minimum absolute atomic E-state index is 0.379. The molecule has 0 fully saturated rings. The minimum Gasteiger partial charge on any atom is -0.461 e. The van der Waals surface area contributed by atoms with E-state index in [2.05, 4.69) is 4.74 Å². The fraction of sp³-hybridized carbons (Fsp3) is 0.533. The van der Waals surface area contributed by atoms with Crippen molar-refractivity contribution >= 4 is 34.2 Å².